The predicted octanol–water partition coefficient (Wildman–Crippen LogP) is 0.522. The van der Waals surface area contributed by atoms with E-state index in [0.29, 0.717) is 24.3 Å². The van der Waals surface area contributed by atoms with Gasteiger partial charge in [0.1, 0.15) is 11.8 Å². The molecule has 0 bridgehead atoms. The van der Waals surface area contributed by atoms with E-state index in [1.54, 1.807) is 6.07 Å². The zero-order valence-corrected chi connectivity index (χ0v) is 13.4. The highest BCUT2D eigenvalue weighted by Crippen LogP contribution is 2.38. The highest BCUT2D eigenvalue weighted by molar-refractivity contribution is 6.07. The lowest BCUT2D eigenvalue weighted by Gasteiger charge is -2.29. The molecule has 0 radical (unpaired) electrons. The summed E-state index contributed by atoms with van der Waals surface area (Å²) in [6.45, 7) is 0.338. The van der Waals surface area contributed by atoms with E-state index in [-0.39, 0.29) is 18.2 Å². The molecule has 2 aliphatic heterocycles. The Morgan fingerprint density at radius 3 is 2.61 bits per heavy atom. The molecule has 1 N–H and O–H groups in total. The van der Waals surface area contributed by atoms with Crippen molar-refractivity contribution in [3.05, 3.63) is 23.3 Å². The maximum atomic E-state index is 12.8. The molecule has 1 atom stereocenters. The minimum atomic E-state index is -0.618. The lowest BCUT2D eigenvalue weighted by Crippen LogP contribution is -2.52. The largest absolute Gasteiger partial charge is 0.496 e. The standard InChI is InChI=1S/C16H19N3O4/c1-18(2)10-4-6-12(23-3)14-9(10)8-19(16(14)22)11-5-7-13(20)17-15(11)21/h4,6,11H,5,7-8H2,1-3H3,(H,17,20,21). The minimum absolute atomic E-state index is 0.227. The van der Waals surface area contributed by atoms with Gasteiger partial charge in [0.05, 0.1) is 12.7 Å². The van der Waals surface area contributed by atoms with Crippen LogP contribution in [-0.2, 0) is 16.1 Å². The fourth-order valence-electron chi connectivity index (χ4n) is 3.22. The van der Waals surface area contributed by atoms with Crippen LogP contribution in [0.2, 0.25) is 0 Å². The summed E-state index contributed by atoms with van der Waals surface area (Å²) in [6.07, 6.45) is 0.595. The average molecular weight is 317 g/mol. The van der Waals surface area contributed by atoms with Gasteiger partial charge in [-0.1, -0.05) is 0 Å². The Morgan fingerprint density at radius 1 is 1.26 bits per heavy atom. The maximum Gasteiger partial charge on any atom is 0.259 e. The molecule has 1 aromatic rings. The number of hydrogen-bond donors (Lipinski definition) is 1. The number of carbonyl (C=O) groups excluding carboxylic acids is 3. The number of fused-ring (bicyclic) bond motifs is 1. The molecule has 23 heavy (non-hydrogen) atoms. The minimum Gasteiger partial charge on any atom is -0.496 e. The molecule has 0 aliphatic carbocycles. The van der Waals surface area contributed by atoms with Crippen LogP contribution in [0, 0.1) is 0 Å². The summed E-state index contributed by atoms with van der Waals surface area (Å²) in [4.78, 5) is 39.7. The summed E-state index contributed by atoms with van der Waals surface area (Å²) in [5.41, 5.74) is 2.27. The highest BCUT2D eigenvalue weighted by Gasteiger charge is 2.41. The van der Waals surface area contributed by atoms with Gasteiger partial charge in [0.15, 0.2) is 0 Å². The van der Waals surface area contributed by atoms with E-state index in [1.807, 2.05) is 25.1 Å². The van der Waals surface area contributed by atoms with Crippen molar-refractivity contribution in [1.29, 1.82) is 0 Å². The van der Waals surface area contributed by atoms with Crippen molar-refractivity contribution in [1.82, 2.24) is 10.2 Å². The van der Waals surface area contributed by atoms with Crippen molar-refractivity contribution in [3.8, 4) is 5.75 Å². The van der Waals surface area contributed by atoms with Gasteiger partial charge < -0.3 is 14.5 Å². The van der Waals surface area contributed by atoms with E-state index in [9.17, 15) is 14.4 Å². The number of nitrogens with zero attached hydrogens (tertiary/aromatic N) is 2. The van der Waals surface area contributed by atoms with Crippen LogP contribution < -0.4 is 15.0 Å². The van der Waals surface area contributed by atoms with Crippen molar-refractivity contribution in [2.75, 3.05) is 26.1 Å². The molecule has 2 heterocycles. The Kier molecular flexibility index (Phi) is 3.71. The molecule has 3 amide bonds. The smallest absolute Gasteiger partial charge is 0.259 e. The quantitative estimate of drug-likeness (QED) is 0.822. The first-order valence-electron chi connectivity index (χ1n) is 7.46. The second-order valence-corrected chi connectivity index (χ2v) is 5.93. The molecule has 7 heteroatoms. The van der Waals surface area contributed by atoms with Crippen molar-refractivity contribution < 1.29 is 19.1 Å². The molecule has 1 fully saturated rings. The van der Waals surface area contributed by atoms with Gasteiger partial charge in [-0.3, -0.25) is 19.7 Å². The van der Waals surface area contributed by atoms with Crippen LogP contribution in [0.5, 0.6) is 5.75 Å². The van der Waals surface area contributed by atoms with Crippen molar-refractivity contribution in [2.45, 2.75) is 25.4 Å². The van der Waals surface area contributed by atoms with E-state index in [0.717, 1.165) is 11.3 Å². The third kappa shape index (κ3) is 2.42. The normalized spacial score (nSPS) is 20.4. The lowest BCUT2D eigenvalue weighted by atomic mass is 10.0. The average Bonchev–Trinajstić information content (AvgIpc) is 2.84. The monoisotopic (exact) mass is 317 g/mol. The molecule has 1 saturated heterocycles. The first kappa shape index (κ1) is 15.3. The predicted molar refractivity (Wildman–Crippen MR) is 83.4 cm³/mol. The van der Waals surface area contributed by atoms with Gasteiger partial charge in [-0.25, -0.2) is 0 Å². The molecule has 122 valence electrons. The molecule has 1 aromatic carbocycles. The lowest BCUT2D eigenvalue weighted by molar-refractivity contribution is -0.136. The van der Waals surface area contributed by atoms with Crippen LogP contribution in [0.25, 0.3) is 0 Å². The van der Waals surface area contributed by atoms with Crippen LogP contribution in [0.4, 0.5) is 5.69 Å². The molecule has 0 saturated carbocycles. The summed E-state index contributed by atoms with van der Waals surface area (Å²) in [7, 11) is 5.33. The molecule has 1 unspecified atom stereocenters. The maximum absolute atomic E-state index is 12.8. The Morgan fingerprint density at radius 2 is 2.00 bits per heavy atom. The first-order valence-corrected chi connectivity index (χ1v) is 7.46. The van der Waals surface area contributed by atoms with E-state index in [4.69, 9.17) is 4.74 Å². The molecule has 3 rings (SSSR count). The molecule has 0 spiro atoms. The van der Waals surface area contributed by atoms with Gasteiger partial charge in [0.2, 0.25) is 11.8 Å². The van der Waals surface area contributed by atoms with Crippen molar-refractivity contribution >= 4 is 23.4 Å². The van der Waals surface area contributed by atoms with Crippen LogP contribution in [0.3, 0.4) is 0 Å². The third-order valence-electron chi connectivity index (χ3n) is 4.34. The van der Waals surface area contributed by atoms with E-state index in [1.165, 1.54) is 12.0 Å². The second kappa shape index (κ2) is 5.57. The molecular formula is C16H19N3O4. The van der Waals surface area contributed by atoms with E-state index < -0.39 is 11.9 Å². The summed E-state index contributed by atoms with van der Waals surface area (Å²) >= 11 is 0. The van der Waals surface area contributed by atoms with Gasteiger partial charge in [-0.2, -0.15) is 0 Å². The van der Waals surface area contributed by atoms with Crippen LogP contribution in [-0.4, -0.2) is 49.9 Å². The summed E-state index contributed by atoms with van der Waals surface area (Å²) in [5, 5.41) is 2.31. The number of benzene rings is 1. The van der Waals surface area contributed by atoms with Crippen LogP contribution in [0.1, 0.15) is 28.8 Å². The van der Waals surface area contributed by atoms with Crippen LogP contribution in [0.15, 0.2) is 12.1 Å². The summed E-state index contributed by atoms with van der Waals surface area (Å²) < 4.78 is 5.32. The van der Waals surface area contributed by atoms with Gasteiger partial charge in [-0.05, 0) is 18.6 Å². The Labute approximate surface area is 134 Å². The molecule has 0 aromatic heterocycles. The second-order valence-electron chi connectivity index (χ2n) is 5.93. The Bertz CT molecular complexity index is 699. The number of piperidine rings is 1. The number of rotatable bonds is 3. The van der Waals surface area contributed by atoms with Gasteiger partial charge in [0.25, 0.3) is 5.91 Å². The first-order chi connectivity index (χ1) is 10.9. The number of imide groups is 1. The van der Waals surface area contributed by atoms with Gasteiger partial charge >= 0.3 is 0 Å². The topological polar surface area (TPSA) is 79.0 Å². The molecule has 2 aliphatic rings. The number of hydrogen-bond acceptors (Lipinski definition) is 5. The fourth-order valence-corrected chi connectivity index (χ4v) is 3.22. The van der Waals surface area contributed by atoms with Gasteiger partial charge in [0, 0.05) is 38.3 Å². The molecule has 7 nitrogen and oxygen atoms in total. The SMILES string of the molecule is COc1ccc(N(C)C)c2c1C(=O)N(C1CCC(=O)NC1=O)C2. The molecular weight excluding hydrogens is 298 g/mol. The van der Waals surface area contributed by atoms with E-state index in [2.05, 4.69) is 5.32 Å². The van der Waals surface area contributed by atoms with Crippen molar-refractivity contribution in [2.24, 2.45) is 0 Å². The van der Waals surface area contributed by atoms with E-state index >= 15 is 0 Å². The highest BCUT2D eigenvalue weighted by atomic mass is 16.5. The number of methoxy groups -OCH3 is 1. The zero-order valence-electron chi connectivity index (χ0n) is 13.4. The Balaban J connectivity index is 1.99. The summed E-state index contributed by atoms with van der Waals surface area (Å²) in [6, 6.07) is 3.05. The zero-order chi connectivity index (χ0) is 16.7. The number of anilines is 1. The Hall–Kier alpha value is -2.57. The number of carbonyl (C=O) groups is 3. The van der Waals surface area contributed by atoms with Crippen molar-refractivity contribution in [3.63, 3.8) is 0 Å². The van der Waals surface area contributed by atoms with Gasteiger partial charge in [-0.15, -0.1) is 0 Å². The third-order valence-corrected chi connectivity index (χ3v) is 4.34. The fraction of sp³-hybridized carbons (Fsp3) is 0.438. The number of ether oxygens (including phenoxy) is 1. The number of nitrogens with one attached hydrogen (secondary N) is 1. The summed E-state index contributed by atoms with van der Waals surface area (Å²) in [5.74, 6) is -0.421. The number of amides is 3. The van der Waals surface area contributed by atoms with Crippen LogP contribution >= 0.6 is 0 Å².